The maximum absolute atomic E-state index is 12.5. The number of hydrogen-bond acceptors (Lipinski definition) is 12. The van der Waals surface area contributed by atoms with Crippen molar-refractivity contribution in [2.24, 2.45) is 5.92 Å². The summed E-state index contributed by atoms with van der Waals surface area (Å²) >= 11 is 3.47. The molecule has 13 heteroatoms. The maximum atomic E-state index is 12.5. The van der Waals surface area contributed by atoms with Gasteiger partial charge < -0.3 is 28.4 Å². The molecule has 0 fully saturated rings. The van der Waals surface area contributed by atoms with Crippen LogP contribution in [0.4, 0.5) is 0 Å². The van der Waals surface area contributed by atoms with E-state index >= 15 is 0 Å². The standard InChI is InChI=1S/C28H52O6.C17H33BrO2.C11H20O4/c1-27(2,3)33-25(30)23(26(31)34-28(4,5)6)21-19-17-15-13-11-9-8-10-12-14-16-18-20-22-24(29)32-7;1-20-17(19)15-13-11-9-7-5-3-2-4-6-8-10-12-14-16-18;1-10(2,3)14-8(12)7-9(13)15-11(4,5)6/h23H,8-22H2,1-7H3;2-16H2,1H3;7H2,1-6H3. The number of halogens is 1. The SMILES string of the molecule is CC(C)(C)OC(=O)CC(=O)OC(C)(C)C.COC(=O)CCCCCCCCCCCCCCCBr.COC(=O)CCCCCCCCCCCCCCCC(C(=O)OC(C)(C)C)C(=O)OC(C)(C)C. The Balaban J connectivity index is -0.00000105. The molecule has 0 saturated heterocycles. The van der Waals surface area contributed by atoms with Crippen LogP contribution in [0.25, 0.3) is 0 Å². The van der Waals surface area contributed by atoms with Gasteiger partial charge in [-0.2, -0.15) is 0 Å². The quantitative estimate of drug-likeness (QED) is 0.0195. The number of alkyl halides is 1. The molecule has 408 valence electrons. The highest BCUT2D eigenvalue weighted by molar-refractivity contribution is 9.09. The lowest BCUT2D eigenvalue weighted by atomic mass is 9.99. The van der Waals surface area contributed by atoms with E-state index < -0.39 is 52.2 Å². The van der Waals surface area contributed by atoms with Gasteiger partial charge in [0.2, 0.25) is 0 Å². The molecule has 0 atom stereocenters. The van der Waals surface area contributed by atoms with Gasteiger partial charge in [-0.3, -0.25) is 28.8 Å². The van der Waals surface area contributed by atoms with Gasteiger partial charge in [-0.15, -0.1) is 0 Å². The predicted molar refractivity (Wildman–Crippen MR) is 283 cm³/mol. The van der Waals surface area contributed by atoms with Crippen LogP contribution in [-0.2, 0) is 57.2 Å². The molecule has 12 nitrogen and oxygen atoms in total. The fourth-order valence-electron chi connectivity index (χ4n) is 7.03. The molecule has 0 rings (SSSR count). The van der Waals surface area contributed by atoms with Gasteiger partial charge in [0.15, 0.2) is 5.92 Å². The lowest BCUT2D eigenvalue weighted by molar-refractivity contribution is -0.175. The fraction of sp³-hybridized carbons (Fsp3) is 0.893. The third kappa shape index (κ3) is 57.8. The van der Waals surface area contributed by atoms with Gasteiger partial charge in [0.1, 0.15) is 28.8 Å². The van der Waals surface area contributed by atoms with E-state index in [2.05, 4.69) is 25.4 Å². The first-order valence-corrected chi connectivity index (χ1v) is 27.9. The molecular formula is C56H105BrO12. The Morgan fingerprint density at radius 2 is 0.565 bits per heavy atom. The Morgan fingerprint density at radius 1 is 0.333 bits per heavy atom. The summed E-state index contributed by atoms with van der Waals surface area (Å²) in [5, 5.41) is 1.16. The molecule has 0 aliphatic heterocycles. The van der Waals surface area contributed by atoms with Crippen LogP contribution in [0.2, 0.25) is 0 Å². The van der Waals surface area contributed by atoms with Gasteiger partial charge in [-0.05, 0) is 109 Å². The first-order valence-electron chi connectivity index (χ1n) is 26.7. The Labute approximate surface area is 430 Å². The molecule has 0 heterocycles. The second-order valence-electron chi connectivity index (χ2n) is 22.3. The highest BCUT2D eigenvalue weighted by Crippen LogP contribution is 2.22. The van der Waals surface area contributed by atoms with Crippen molar-refractivity contribution < 1.29 is 57.2 Å². The Hall–Kier alpha value is -2.70. The summed E-state index contributed by atoms with van der Waals surface area (Å²) in [4.78, 5) is 69.5. The van der Waals surface area contributed by atoms with E-state index in [1.165, 1.54) is 143 Å². The lowest BCUT2D eigenvalue weighted by Crippen LogP contribution is -2.36. The molecular weight excluding hydrogens is 945 g/mol. The van der Waals surface area contributed by atoms with Crippen LogP contribution < -0.4 is 0 Å². The van der Waals surface area contributed by atoms with Crippen LogP contribution in [0.3, 0.4) is 0 Å². The summed E-state index contributed by atoms with van der Waals surface area (Å²) in [6.45, 7) is 21.4. The number of rotatable bonds is 35. The van der Waals surface area contributed by atoms with Crippen LogP contribution in [0, 0.1) is 5.92 Å². The average molecular weight is 1050 g/mol. The molecule has 0 N–H and O–H groups in total. The molecule has 0 bridgehead atoms. The molecule has 0 unspecified atom stereocenters. The molecule has 0 aliphatic rings. The number of carbonyl (C=O) groups excluding carboxylic acids is 6. The molecule has 0 saturated carbocycles. The van der Waals surface area contributed by atoms with E-state index in [1.807, 2.05) is 41.5 Å². The van der Waals surface area contributed by atoms with Crippen LogP contribution in [0.15, 0.2) is 0 Å². The smallest absolute Gasteiger partial charge is 0.320 e. The second-order valence-corrected chi connectivity index (χ2v) is 23.1. The lowest BCUT2D eigenvalue weighted by Gasteiger charge is -2.26. The van der Waals surface area contributed by atoms with Gasteiger partial charge in [0.25, 0.3) is 0 Å². The van der Waals surface area contributed by atoms with Gasteiger partial charge in [-0.1, -0.05) is 164 Å². The zero-order valence-corrected chi connectivity index (χ0v) is 48.4. The molecule has 0 amide bonds. The van der Waals surface area contributed by atoms with Crippen LogP contribution in [0.1, 0.15) is 276 Å². The van der Waals surface area contributed by atoms with Gasteiger partial charge in [0, 0.05) is 18.2 Å². The summed E-state index contributed by atoms with van der Waals surface area (Å²) in [6.07, 6.45) is 33.5. The second kappa shape index (κ2) is 42.9. The Bertz CT molecular complexity index is 1270. The molecule has 69 heavy (non-hydrogen) atoms. The summed E-state index contributed by atoms with van der Waals surface area (Å²) in [5.74, 6) is -3.10. The summed E-state index contributed by atoms with van der Waals surface area (Å²) < 4.78 is 30.2. The molecule has 0 aromatic rings. The molecule has 0 spiro atoms. The number of esters is 6. The molecule has 0 aliphatic carbocycles. The Morgan fingerprint density at radius 3 is 0.797 bits per heavy atom. The first-order chi connectivity index (χ1) is 32.2. The predicted octanol–water partition coefficient (Wildman–Crippen LogP) is 15.4. The Kier molecular flexibility index (Phi) is 43.9. The van der Waals surface area contributed by atoms with Crippen LogP contribution in [0.5, 0.6) is 0 Å². The number of unbranched alkanes of at least 4 members (excludes halogenated alkanes) is 24. The largest absolute Gasteiger partial charge is 0.469 e. The summed E-state index contributed by atoms with van der Waals surface area (Å²) in [6, 6.07) is 0. The van der Waals surface area contributed by atoms with Crippen molar-refractivity contribution in [2.45, 2.75) is 298 Å². The van der Waals surface area contributed by atoms with Crippen molar-refractivity contribution in [3.05, 3.63) is 0 Å². The third-order valence-electron chi connectivity index (χ3n) is 10.4. The highest BCUT2D eigenvalue weighted by Gasteiger charge is 2.34. The minimum atomic E-state index is -0.848. The van der Waals surface area contributed by atoms with E-state index in [0.717, 1.165) is 43.9 Å². The maximum Gasteiger partial charge on any atom is 0.320 e. The van der Waals surface area contributed by atoms with Crippen molar-refractivity contribution in [3.63, 3.8) is 0 Å². The fourth-order valence-corrected chi connectivity index (χ4v) is 7.42. The van der Waals surface area contributed by atoms with E-state index in [4.69, 9.17) is 18.9 Å². The third-order valence-corrected chi connectivity index (χ3v) is 10.9. The summed E-state index contributed by atoms with van der Waals surface area (Å²) in [7, 11) is 2.90. The molecule has 0 aromatic heterocycles. The van der Waals surface area contributed by atoms with Gasteiger partial charge >= 0.3 is 35.8 Å². The van der Waals surface area contributed by atoms with Gasteiger partial charge in [-0.25, -0.2) is 0 Å². The van der Waals surface area contributed by atoms with Crippen molar-refractivity contribution in [1.29, 1.82) is 0 Å². The minimum Gasteiger partial charge on any atom is -0.469 e. The zero-order valence-electron chi connectivity index (χ0n) is 46.8. The monoisotopic (exact) mass is 1050 g/mol. The van der Waals surface area contributed by atoms with E-state index in [1.54, 1.807) is 41.5 Å². The van der Waals surface area contributed by atoms with Crippen molar-refractivity contribution >= 4 is 51.7 Å². The minimum absolute atomic E-state index is 0.0684. The van der Waals surface area contributed by atoms with Gasteiger partial charge in [0.05, 0.1) is 14.2 Å². The summed E-state index contributed by atoms with van der Waals surface area (Å²) in [5.41, 5.74) is -2.39. The van der Waals surface area contributed by atoms with Crippen molar-refractivity contribution in [1.82, 2.24) is 0 Å². The van der Waals surface area contributed by atoms with Crippen molar-refractivity contribution in [2.75, 3.05) is 19.5 Å². The van der Waals surface area contributed by atoms with E-state index in [0.29, 0.717) is 19.3 Å². The number of hydrogen-bond donors (Lipinski definition) is 0. The molecule has 0 aromatic carbocycles. The van der Waals surface area contributed by atoms with E-state index in [-0.39, 0.29) is 18.4 Å². The van der Waals surface area contributed by atoms with Crippen LogP contribution >= 0.6 is 15.9 Å². The average Bonchev–Trinajstić information content (AvgIpc) is 3.21. The normalized spacial score (nSPS) is 11.7. The topological polar surface area (TPSA) is 158 Å². The highest BCUT2D eigenvalue weighted by atomic mass is 79.9. The van der Waals surface area contributed by atoms with Crippen LogP contribution in [-0.4, -0.2) is 77.8 Å². The zero-order chi connectivity index (χ0) is 53.2. The van der Waals surface area contributed by atoms with Crippen molar-refractivity contribution in [3.8, 4) is 0 Å². The van der Waals surface area contributed by atoms with E-state index in [9.17, 15) is 28.8 Å². The number of carbonyl (C=O) groups is 6. The number of ether oxygens (including phenoxy) is 6. The number of methoxy groups -OCH3 is 2. The first kappa shape index (κ1) is 70.6. The molecule has 0 radical (unpaired) electrons.